The van der Waals surface area contributed by atoms with Crippen LogP contribution < -0.4 is 5.32 Å². The zero-order valence-electron chi connectivity index (χ0n) is 14.3. The van der Waals surface area contributed by atoms with Crippen LogP contribution in [0.2, 0.25) is 5.02 Å². The second-order valence-corrected chi connectivity index (χ2v) is 7.49. The van der Waals surface area contributed by atoms with Crippen molar-refractivity contribution in [2.75, 3.05) is 5.75 Å². The molecule has 0 atom stereocenters. The highest BCUT2D eigenvalue weighted by molar-refractivity contribution is 7.99. The van der Waals surface area contributed by atoms with Crippen LogP contribution in [-0.4, -0.2) is 21.2 Å². The van der Waals surface area contributed by atoms with Crippen LogP contribution in [0.15, 0.2) is 72.1 Å². The minimum atomic E-state index is 0.0638. The van der Waals surface area contributed by atoms with Crippen LogP contribution in [0.5, 0.6) is 0 Å². The van der Waals surface area contributed by atoms with Gasteiger partial charge in [-0.1, -0.05) is 35.9 Å². The fourth-order valence-electron chi connectivity index (χ4n) is 2.44. The first-order valence-corrected chi connectivity index (χ1v) is 9.74. The molecule has 6 heteroatoms. The van der Waals surface area contributed by atoms with Crippen molar-refractivity contribution in [3.8, 4) is 0 Å². The van der Waals surface area contributed by atoms with Gasteiger partial charge >= 0.3 is 0 Å². The Hall–Kier alpha value is -2.24. The Morgan fingerprint density at radius 2 is 1.81 bits per heavy atom. The maximum atomic E-state index is 12.0. The minimum absolute atomic E-state index is 0.0638. The minimum Gasteiger partial charge on any atom is -0.352 e. The molecule has 0 radical (unpaired) electrons. The normalized spacial score (nSPS) is 10.7. The summed E-state index contributed by atoms with van der Waals surface area (Å²) in [5, 5.41) is 3.70. The lowest BCUT2D eigenvalue weighted by molar-refractivity contribution is -0.120. The van der Waals surface area contributed by atoms with E-state index in [9.17, 15) is 4.79 Å². The van der Waals surface area contributed by atoms with Gasteiger partial charge in [-0.25, -0.2) is 4.98 Å². The predicted molar refractivity (Wildman–Crippen MR) is 106 cm³/mol. The Morgan fingerprint density at radius 1 is 1.08 bits per heavy atom. The van der Waals surface area contributed by atoms with E-state index in [2.05, 4.69) is 34.6 Å². The van der Waals surface area contributed by atoms with Gasteiger partial charge in [-0.2, -0.15) is 0 Å². The first-order chi connectivity index (χ1) is 12.7. The third-order valence-corrected chi connectivity index (χ3v) is 5.11. The molecule has 0 fully saturated rings. The molecule has 1 heterocycles. The Bertz CT molecular complexity index is 817. The van der Waals surface area contributed by atoms with E-state index in [1.807, 2.05) is 35.0 Å². The molecule has 0 aliphatic rings. The fourth-order valence-corrected chi connectivity index (χ4v) is 3.41. The average Bonchev–Trinajstić information content (AvgIpc) is 3.16. The number of hydrogen-bond donors (Lipinski definition) is 1. The Balaban J connectivity index is 1.37. The van der Waals surface area contributed by atoms with Gasteiger partial charge in [-0.3, -0.25) is 4.79 Å². The molecule has 134 valence electrons. The number of thioether (sulfide) groups is 1. The van der Waals surface area contributed by atoms with Gasteiger partial charge in [0.15, 0.2) is 0 Å². The molecule has 0 aliphatic carbocycles. The van der Waals surface area contributed by atoms with Crippen molar-refractivity contribution >= 4 is 29.3 Å². The second kappa shape index (κ2) is 9.46. The SMILES string of the molecule is O=C(CCSc1ccc(Cl)cc1)NCc1ccc(Cn2ccnc2)cc1. The Labute approximate surface area is 162 Å². The molecule has 26 heavy (non-hydrogen) atoms. The van der Waals surface area contributed by atoms with E-state index >= 15 is 0 Å². The summed E-state index contributed by atoms with van der Waals surface area (Å²) in [7, 11) is 0. The zero-order valence-corrected chi connectivity index (χ0v) is 15.8. The summed E-state index contributed by atoms with van der Waals surface area (Å²) in [6.45, 7) is 1.35. The van der Waals surface area contributed by atoms with E-state index in [0.717, 1.165) is 27.8 Å². The molecule has 1 amide bonds. The molecule has 0 spiro atoms. The van der Waals surface area contributed by atoms with E-state index < -0.39 is 0 Å². The van der Waals surface area contributed by atoms with Crippen molar-refractivity contribution < 1.29 is 4.79 Å². The summed E-state index contributed by atoms with van der Waals surface area (Å²) in [6, 6.07) is 15.9. The van der Waals surface area contributed by atoms with Gasteiger partial charge in [0, 0.05) is 47.6 Å². The highest BCUT2D eigenvalue weighted by atomic mass is 35.5. The number of carbonyl (C=O) groups excluding carboxylic acids is 1. The molecule has 1 N–H and O–H groups in total. The van der Waals surface area contributed by atoms with E-state index in [1.165, 1.54) is 5.56 Å². The van der Waals surface area contributed by atoms with Crippen molar-refractivity contribution in [2.24, 2.45) is 0 Å². The van der Waals surface area contributed by atoms with E-state index in [1.54, 1.807) is 24.3 Å². The number of amides is 1. The van der Waals surface area contributed by atoms with Gasteiger partial charge in [0.1, 0.15) is 0 Å². The zero-order chi connectivity index (χ0) is 18.2. The third kappa shape index (κ3) is 5.93. The number of carbonyl (C=O) groups is 1. The fraction of sp³-hybridized carbons (Fsp3) is 0.200. The topological polar surface area (TPSA) is 46.9 Å². The van der Waals surface area contributed by atoms with Gasteiger partial charge in [0.2, 0.25) is 5.91 Å². The van der Waals surface area contributed by atoms with Crippen LogP contribution in [0.25, 0.3) is 0 Å². The number of rotatable bonds is 8. The standard InChI is InChI=1S/C20H20ClN3OS/c21-18-5-7-19(8-6-18)26-12-9-20(25)23-13-16-1-3-17(4-2-16)14-24-11-10-22-15-24/h1-8,10-11,15H,9,12-14H2,(H,23,25). The molecule has 0 saturated heterocycles. The highest BCUT2D eigenvalue weighted by Crippen LogP contribution is 2.20. The monoisotopic (exact) mass is 385 g/mol. The predicted octanol–water partition coefficient (Wildman–Crippen LogP) is 4.38. The number of nitrogens with zero attached hydrogens (tertiary/aromatic N) is 2. The molecule has 3 aromatic rings. The van der Waals surface area contributed by atoms with E-state index in [0.29, 0.717) is 13.0 Å². The van der Waals surface area contributed by atoms with Gasteiger partial charge in [-0.05, 0) is 35.4 Å². The molecular formula is C20H20ClN3OS. The van der Waals surface area contributed by atoms with Gasteiger partial charge in [-0.15, -0.1) is 11.8 Å². The lowest BCUT2D eigenvalue weighted by Gasteiger charge is -2.07. The van der Waals surface area contributed by atoms with Crippen molar-refractivity contribution in [1.29, 1.82) is 0 Å². The Morgan fingerprint density at radius 3 is 2.50 bits per heavy atom. The molecule has 0 aliphatic heterocycles. The number of hydrogen-bond acceptors (Lipinski definition) is 3. The molecule has 0 unspecified atom stereocenters. The van der Waals surface area contributed by atoms with Gasteiger partial charge in [0.25, 0.3) is 0 Å². The van der Waals surface area contributed by atoms with Crippen LogP contribution in [0.1, 0.15) is 17.5 Å². The summed E-state index contributed by atoms with van der Waals surface area (Å²) in [4.78, 5) is 17.1. The van der Waals surface area contributed by atoms with Gasteiger partial charge in [0.05, 0.1) is 6.33 Å². The molecule has 3 rings (SSSR count). The molecule has 0 bridgehead atoms. The van der Waals surface area contributed by atoms with Crippen molar-refractivity contribution in [2.45, 2.75) is 24.4 Å². The molecule has 2 aromatic carbocycles. The van der Waals surface area contributed by atoms with Crippen LogP contribution in [-0.2, 0) is 17.9 Å². The summed E-state index contributed by atoms with van der Waals surface area (Å²) in [5.41, 5.74) is 2.30. The Kier molecular flexibility index (Phi) is 6.75. The number of aromatic nitrogens is 2. The molecule has 4 nitrogen and oxygen atoms in total. The summed E-state index contributed by atoms with van der Waals surface area (Å²) >= 11 is 7.52. The van der Waals surface area contributed by atoms with Crippen LogP contribution in [0.4, 0.5) is 0 Å². The van der Waals surface area contributed by atoms with Crippen LogP contribution in [0.3, 0.4) is 0 Å². The summed E-state index contributed by atoms with van der Waals surface area (Å²) in [5.74, 6) is 0.811. The molecule has 0 saturated carbocycles. The maximum Gasteiger partial charge on any atom is 0.221 e. The first kappa shape index (κ1) is 18.5. The number of halogens is 1. The van der Waals surface area contributed by atoms with Crippen LogP contribution in [0, 0.1) is 0 Å². The lowest BCUT2D eigenvalue weighted by Crippen LogP contribution is -2.22. The largest absolute Gasteiger partial charge is 0.352 e. The number of imidazole rings is 1. The van der Waals surface area contributed by atoms with Crippen LogP contribution >= 0.6 is 23.4 Å². The smallest absolute Gasteiger partial charge is 0.221 e. The third-order valence-electron chi connectivity index (χ3n) is 3.85. The highest BCUT2D eigenvalue weighted by Gasteiger charge is 2.03. The molecule has 1 aromatic heterocycles. The second-order valence-electron chi connectivity index (χ2n) is 5.88. The summed E-state index contributed by atoms with van der Waals surface area (Å²) in [6.07, 6.45) is 6.01. The number of benzene rings is 2. The van der Waals surface area contributed by atoms with E-state index in [-0.39, 0.29) is 5.91 Å². The average molecular weight is 386 g/mol. The lowest BCUT2D eigenvalue weighted by atomic mass is 10.1. The quantitative estimate of drug-likeness (QED) is 0.585. The van der Waals surface area contributed by atoms with E-state index in [4.69, 9.17) is 11.6 Å². The first-order valence-electron chi connectivity index (χ1n) is 8.38. The van der Waals surface area contributed by atoms with Crippen molar-refractivity contribution in [1.82, 2.24) is 14.9 Å². The van der Waals surface area contributed by atoms with Crippen molar-refractivity contribution in [3.05, 3.63) is 83.4 Å². The summed E-state index contributed by atoms with van der Waals surface area (Å²) < 4.78 is 2.02. The molecular weight excluding hydrogens is 366 g/mol. The number of nitrogens with one attached hydrogen (secondary N) is 1. The van der Waals surface area contributed by atoms with Gasteiger partial charge < -0.3 is 9.88 Å². The maximum absolute atomic E-state index is 12.0. The van der Waals surface area contributed by atoms with Crippen molar-refractivity contribution in [3.63, 3.8) is 0 Å².